The molecule has 0 aliphatic carbocycles. The van der Waals surface area contributed by atoms with Crippen molar-refractivity contribution < 1.29 is 4.79 Å². The highest BCUT2D eigenvalue weighted by Crippen LogP contribution is 2.20. The number of rotatable bonds is 2. The Morgan fingerprint density at radius 3 is 2.81 bits per heavy atom. The fourth-order valence-corrected chi connectivity index (χ4v) is 1.98. The number of nitrogens with zero attached hydrogens (tertiary/aromatic N) is 1. The van der Waals surface area contributed by atoms with E-state index in [1.54, 1.807) is 24.5 Å². The Hall–Kier alpha value is -1.88. The van der Waals surface area contributed by atoms with Crippen molar-refractivity contribution >= 4 is 28.1 Å². The molecule has 0 radical (unpaired) electrons. The zero-order valence-corrected chi connectivity index (χ0v) is 9.54. The molecule has 0 atom stereocenters. The average molecular weight is 233 g/mol. The van der Waals surface area contributed by atoms with E-state index < -0.39 is 0 Å². The molecule has 2 rings (SSSR count). The molecule has 2 heterocycles. The van der Waals surface area contributed by atoms with Gasteiger partial charge in [-0.05, 0) is 31.2 Å². The molecule has 4 nitrogen and oxygen atoms in total. The van der Waals surface area contributed by atoms with Crippen molar-refractivity contribution in [3.8, 4) is 0 Å². The Bertz CT molecular complexity index is 481. The Morgan fingerprint density at radius 1 is 1.31 bits per heavy atom. The summed E-state index contributed by atoms with van der Waals surface area (Å²) in [5.41, 5.74) is 0.674. The predicted octanol–water partition coefficient (Wildman–Crippen LogP) is 3.10. The lowest BCUT2D eigenvalue weighted by atomic mass is 10.4. The van der Waals surface area contributed by atoms with Gasteiger partial charge < -0.3 is 5.32 Å². The second kappa shape index (κ2) is 4.76. The molecule has 16 heavy (non-hydrogen) atoms. The predicted molar refractivity (Wildman–Crippen MR) is 65.9 cm³/mol. The maximum Gasteiger partial charge on any atom is 0.324 e. The van der Waals surface area contributed by atoms with E-state index in [-0.39, 0.29) is 6.03 Å². The number of amides is 2. The van der Waals surface area contributed by atoms with Crippen LogP contribution >= 0.6 is 11.3 Å². The summed E-state index contributed by atoms with van der Waals surface area (Å²) < 4.78 is 0. The van der Waals surface area contributed by atoms with Gasteiger partial charge in [0.25, 0.3) is 0 Å². The molecular weight excluding hydrogens is 222 g/mol. The number of urea groups is 1. The first kappa shape index (κ1) is 10.6. The van der Waals surface area contributed by atoms with Crippen LogP contribution in [0.25, 0.3) is 0 Å². The quantitative estimate of drug-likeness (QED) is 0.837. The number of thiophene rings is 1. The van der Waals surface area contributed by atoms with Crippen LogP contribution in [0.15, 0.2) is 36.7 Å². The maximum atomic E-state index is 11.5. The number of pyridine rings is 1. The number of nitrogens with one attached hydrogen (secondary N) is 2. The normalized spacial score (nSPS) is 9.81. The fraction of sp³-hybridized carbons (Fsp3) is 0.0909. The highest BCUT2D eigenvalue weighted by molar-refractivity contribution is 7.16. The average Bonchev–Trinajstić information content (AvgIpc) is 2.65. The van der Waals surface area contributed by atoms with Crippen molar-refractivity contribution in [2.24, 2.45) is 0 Å². The molecule has 0 aromatic carbocycles. The second-order valence-corrected chi connectivity index (χ2v) is 4.52. The van der Waals surface area contributed by atoms with Crippen LogP contribution in [0.4, 0.5) is 15.5 Å². The second-order valence-electron chi connectivity index (χ2n) is 3.23. The molecule has 2 aromatic heterocycles. The zero-order valence-electron chi connectivity index (χ0n) is 8.73. The maximum absolute atomic E-state index is 11.5. The SMILES string of the molecule is Cc1ccc(NC(=O)Nc2cccnc2)s1. The number of carbonyl (C=O) groups excluding carboxylic acids is 1. The summed E-state index contributed by atoms with van der Waals surface area (Å²) in [5, 5.41) is 6.28. The number of carbonyl (C=O) groups is 1. The summed E-state index contributed by atoms with van der Waals surface area (Å²) in [4.78, 5) is 16.6. The summed E-state index contributed by atoms with van der Waals surface area (Å²) in [6.45, 7) is 1.99. The van der Waals surface area contributed by atoms with Crippen LogP contribution < -0.4 is 10.6 Å². The topological polar surface area (TPSA) is 54.0 Å². The van der Waals surface area contributed by atoms with E-state index in [0.29, 0.717) is 5.69 Å². The van der Waals surface area contributed by atoms with E-state index in [1.165, 1.54) is 11.3 Å². The summed E-state index contributed by atoms with van der Waals surface area (Å²) in [6, 6.07) is 7.14. The number of anilines is 2. The van der Waals surface area contributed by atoms with Crippen LogP contribution in [-0.4, -0.2) is 11.0 Å². The van der Waals surface area contributed by atoms with E-state index in [0.717, 1.165) is 9.88 Å². The smallest absolute Gasteiger partial charge is 0.306 e. The van der Waals surface area contributed by atoms with Gasteiger partial charge in [0.1, 0.15) is 0 Å². The molecule has 2 amide bonds. The number of hydrogen-bond donors (Lipinski definition) is 2. The van der Waals surface area contributed by atoms with Crippen LogP contribution in [-0.2, 0) is 0 Å². The molecule has 0 saturated heterocycles. The lowest BCUT2D eigenvalue weighted by molar-refractivity contribution is 0.262. The van der Waals surface area contributed by atoms with E-state index in [9.17, 15) is 4.79 Å². The van der Waals surface area contributed by atoms with Crippen LogP contribution in [0.1, 0.15) is 4.88 Å². The third-order valence-electron chi connectivity index (χ3n) is 1.90. The first-order chi connectivity index (χ1) is 7.74. The highest BCUT2D eigenvalue weighted by Gasteiger charge is 2.03. The number of aromatic nitrogens is 1. The van der Waals surface area contributed by atoms with Gasteiger partial charge in [0.15, 0.2) is 0 Å². The molecule has 5 heteroatoms. The molecule has 2 aromatic rings. The van der Waals surface area contributed by atoms with Crippen molar-refractivity contribution in [3.63, 3.8) is 0 Å². The van der Waals surface area contributed by atoms with Gasteiger partial charge in [-0.1, -0.05) is 0 Å². The Morgan fingerprint density at radius 2 is 2.19 bits per heavy atom. The van der Waals surface area contributed by atoms with Crippen LogP contribution in [0.3, 0.4) is 0 Å². The highest BCUT2D eigenvalue weighted by atomic mass is 32.1. The largest absolute Gasteiger partial charge is 0.324 e. The monoisotopic (exact) mass is 233 g/mol. The Balaban J connectivity index is 1.95. The first-order valence-electron chi connectivity index (χ1n) is 4.78. The molecule has 0 saturated carbocycles. The molecular formula is C11H11N3OS. The molecule has 0 bridgehead atoms. The third kappa shape index (κ3) is 2.80. The number of hydrogen-bond acceptors (Lipinski definition) is 3. The molecule has 0 aliphatic rings. The lowest BCUT2D eigenvalue weighted by Gasteiger charge is -2.04. The summed E-state index contributed by atoms with van der Waals surface area (Å²) in [5.74, 6) is 0. The van der Waals surface area contributed by atoms with E-state index in [4.69, 9.17) is 0 Å². The lowest BCUT2D eigenvalue weighted by Crippen LogP contribution is -2.18. The Labute approximate surface area is 97.3 Å². The van der Waals surface area contributed by atoms with E-state index in [1.807, 2.05) is 19.1 Å². The summed E-state index contributed by atoms with van der Waals surface area (Å²) in [6.07, 6.45) is 3.25. The number of aryl methyl sites for hydroxylation is 1. The minimum absolute atomic E-state index is 0.255. The van der Waals surface area contributed by atoms with Crippen molar-refractivity contribution in [2.45, 2.75) is 6.92 Å². The van der Waals surface area contributed by atoms with Crippen LogP contribution in [0.5, 0.6) is 0 Å². The van der Waals surface area contributed by atoms with Gasteiger partial charge in [0.05, 0.1) is 16.9 Å². The van der Waals surface area contributed by atoms with Gasteiger partial charge in [-0.2, -0.15) is 0 Å². The summed E-state index contributed by atoms with van der Waals surface area (Å²) in [7, 11) is 0. The van der Waals surface area contributed by atoms with Crippen molar-refractivity contribution in [2.75, 3.05) is 10.6 Å². The van der Waals surface area contributed by atoms with Gasteiger partial charge in [0, 0.05) is 11.1 Å². The first-order valence-corrected chi connectivity index (χ1v) is 5.60. The molecule has 2 N–H and O–H groups in total. The van der Waals surface area contributed by atoms with Gasteiger partial charge in [-0.25, -0.2) is 4.79 Å². The molecule has 0 spiro atoms. The van der Waals surface area contributed by atoms with Crippen molar-refractivity contribution in [1.82, 2.24) is 4.98 Å². The standard InChI is InChI=1S/C11H11N3OS/c1-8-4-5-10(16-8)14-11(15)13-9-3-2-6-12-7-9/h2-7H,1H3,(H2,13,14,15). The zero-order chi connectivity index (χ0) is 11.4. The van der Waals surface area contributed by atoms with Gasteiger partial charge in [-0.3, -0.25) is 10.3 Å². The van der Waals surface area contributed by atoms with Crippen molar-refractivity contribution in [1.29, 1.82) is 0 Å². The fourth-order valence-electron chi connectivity index (χ4n) is 1.21. The minimum atomic E-state index is -0.255. The Kier molecular flexibility index (Phi) is 3.16. The van der Waals surface area contributed by atoms with Gasteiger partial charge >= 0.3 is 6.03 Å². The van der Waals surface area contributed by atoms with Crippen LogP contribution in [0, 0.1) is 6.92 Å². The van der Waals surface area contributed by atoms with Crippen molar-refractivity contribution in [3.05, 3.63) is 41.5 Å². The van der Waals surface area contributed by atoms with Gasteiger partial charge in [-0.15, -0.1) is 11.3 Å². The van der Waals surface area contributed by atoms with E-state index >= 15 is 0 Å². The third-order valence-corrected chi connectivity index (χ3v) is 2.81. The van der Waals surface area contributed by atoms with Gasteiger partial charge in [0.2, 0.25) is 0 Å². The summed E-state index contributed by atoms with van der Waals surface area (Å²) >= 11 is 1.54. The van der Waals surface area contributed by atoms with Crippen LogP contribution in [0.2, 0.25) is 0 Å². The molecule has 0 aliphatic heterocycles. The van der Waals surface area contributed by atoms with E-state index in [2.05, 4.69) is 15.6 Å². The minimum Gasteiger partial charge on any atom is -0.306 e. The molecule has 0 fully saturated rings. The molecule has 0 unspecified atom stereocenters. The molecule has 82 valence electrons.